The van der Waals surface area contributed by atoms with Crippen LogP contribution in [0.3, 0.4) is 0 Å². The first-order chi connectivity index (χ1) is 13.8. The van der Waals surface area contributed by atoms with Gasteiger partial charge in [-0.15, -0.1) is 0 Å². The van der Waals surface area contributed by atoms with Gasteiger partial charge in [0.25, 0.3) is 0 Å². The van der Waals surface area contributed by atoms with Crippen molar-refractivity contribution in [1.29, 1.82) is 0 Å². The number of anilines is 1. The number of rotatable bonds is 4. The van der Waals surface area contributed by atoms with Gasteiger partial charge in [0.2, 0.25) is 0 Å². The van der Waals surface area contributed by atoms with Crippen molar-refractivity contribution in [2.75, 3.05) is 5.32 Å². The molecule has 6 heteroatoms. The smallest absolute Gasteiger partial charge is 0.180 e. The summed E-state index contributed by atoms with van der Waals surface area (Å²) in [5.74, 6) is 0.428. The number of halogens is 1. The molecule has 3 heterocycles. The lowest BCUT2D eigenvalue weighted by Crippen LogP contribution is -2.04. The van der Waals surface area contributed by atoms with Crippen LogP contribution in [0.5, 0.6) is 0 Å². The van der Waals surface area contributed by atoms with Crippen molar-refractivity contribution in [3.63, 3.8) is 0 Å². The highest BCUT2D eigenvalue weighted by molar-refractivity contribution is 5.93. The van der Waals surface area contributed by atoms with Crippen LogP contribution in [0.2, 0.25) is 0 Å². The molecule has 0 bridgehead atoms. The van der Waals surface area contributed by atoms with Crippen molar-refractivity contribution in [2.45, 2.75) is 6.54 Å². The standard InChI is InChI=1S/C22H16FN5/c23-17-8-6-15(7-9-17)13-26-21-22-27-14-19(28(22)12-11-25-21)18-5-1-3-16-4-2-10-24-20(16)18/h1-12,14H,13H2,(H,25,26). The summed E-state index contributed by atoms with van der Waals surface area (Å²) in [5.41, 5.74) is 4.60. The number of imidazole rings is 1. The van der Waals surface area contributed by atoms with Crippen LogP contribution in [-0.4, -0.2) is 19.4 Å². The average molecular weight is 369 g/mol. The van der Waals surface area contributed by atoms with Gasteiger partial charge >= 0.3 is 0 Å². The largest absolute Gasteiger partial charge is 0.363 e. The van der Waals surface area contributed by atoms with Gasteiger partial charge in [-0.05, 0) is 23.8 Å². The molecule has 5 nitrogen and oxygen atoms in total. The third kappa shape index (κ3) is 2.85. The SMILES string of the molecule is Fc1ccc(CNc2nccn3c(-c4cccc5cccnc45)cnc23)cc1. The van der Waals surface area contributed by atoms with E-state index in [1.54, 1.807) is 24.5 Å². The highest BCUT2D eigenvalue weighted by atomic mass is 19.1. The molecule has 5 rings (SSSR count). The topological polar surface area (TPSA) is 55.1 Å². The van der Waals surface area contributed by atoms with E-state index >= 15 is 0 Å². The summed E-state index contributed by atoms with van der Waals surface area (Å²) in [4.78, 5) is 13.5. The molecule has 136 valence electrons. The Kier molecular flexibility index (Phi) is 3.94. The van der Waals surface area contributed by atoms with Crippen molar-refractivity contribution in [2.24, 2.45) is 0 Å². The maximum Gasteiger partial charge on any atom is 0.180 e. The maximum atomic E-state index is 13.1. The Labute approximate surface area is 160 Å². The van der Waals surface area contributed by atoms with E-state index in [1.807, 2.05) is 47.1 Å². The Morgan fingerprint density at radius 3 is 2.64 bits per heavy atom. The molecule has 0 radical (unpaired) electrons. The molecule has 0 atom stereocenters. The summed E-state index contributed by atoms with van der Waals surface area (Å²) in [6, 6.07) is 16.5. The summed E-state index contributed by atoms with van der Waals surface area (Å²) in [6.45, 7) is 0.533. The quantitative estimate of drug-likeness (QED) is 0.499. The number of benzene rings is 2. The summed E-state index contributed by atoms with van der Waals surface area (Å²) < 4.78 is 15.1. The van der Waals surface area contributed by atoms with E-state index in [-0.39, 0.29) is 5.82 Å². The minimum atomic E-state index is -0.245. The van der Waals surface area contributed by atoms with Crippen molar-refractivity contribution in [3.05, 3.63) is 90.8 Å². The highest BCUT2D eigenvalue weighted by Crippen LogP contribution is 2.28. The van der Waals surface area contributed by atoms with Crippen LogP contribution in [0.15, 0.2) is 79.4 Å². The molecule has 0 fully saturated rings. The van der Waals surface area contributed by atoms with Crippen molar-refractivity contribution >= 4 is 22.4 Å². The van der Waals surface area contributed by atoms with Crippen molar-refractivity contribution in [3.8, 4) is 11.3 Å². The molecule has 2 aromatic carbocycles. The third-order valence-corrected chi connectivity index (χ3v) is 4.71. The van der Waals surface area contributed by atoms with E-state index in [0.717, 1.165) is 33.4 Å². The van der Waals surface area contributed by atoms with Gasteiger partial charge in [-0.1, -0.05) is 36.4 Å². The predicted molar refractivity (Wildman–Crippen MR) is 107 cm³/mol. The third-order valence-electron chi connectivity index (χ3n) is 4.71. The Hall–Kier alpha value is -3.80. The number of fused-ring (bicyclic) bond motifs is 2. The van der Waals surface area contributed by atoms with Crippen LogP contribution in [-0.2, 0) is 6.54 Å². The Morgan fingerprint density at radius 2 is 1.75 bits per heavy atom. The number of nitrogens with zero attached hydrogens (tertiary/aromatic N) is 4. The minimum absolute atomic E-state index is 0.245. The van der Waals surface area contributed by atoms with Crippen LogP contribution in [0.1, 0.15) is 5.56 Å². The van der Waals surface area contributed by atoms with Gasteiger partial charge < -0.3 is 5.32 Å². The van der Waals surface area contributed by atoms with E-state index < -0.39 is 0 Å². The second-order valence-electron chi connectivity index (χ2n) is 6.47. The van der Waals surface area contributed by atoms with Gasteiger partial charge in [0.1, 0.15) is 5.82 Å². The van der Waals surface area contributed by atoms with Gasteiger partial charge in [-0.2, -0.15) is 0 Å². The summed E-state index contributed by atoms with van der Waals surface area (Å²) in [6.07, 6.45) is 7.27. The molecule has 3 aromatic heterocycles. The normalized spacial score (nSPS) is 11.2. The second kappa shape index (κ2) is 6.74. The second-order valence-corrected chi connectivity index (χ2v) is 6.47. The van der Waals surface area contributed by atoms with E-state index in [9.17, 15) is 4.39 Å². The molecule has 0 amide bonds. The molecule has 0 saturated carbocycles. The summed E-state index contributed by atoms with van der Waals surface area (Å²) in [7, 11) is 0. The molecular formula is C22H16FN5. The molecule has 1 N–H and O–H groups in total. The first-order valence-corrected chi connectivity index (χ1v) is 8.94. The number of nitrogens with one attached hydrogen (secondary N) is 1. The molecule has 0 unspecified atom stereocenters. The zero-order chi connectivity index (χ0) is 18.9. The van der Waals surface area contributed by atoms with Gasteiger partial charge in [0.05, 0.1) is 17.4 Å². The van der Waals surface area contributed by atoms with Gasteiger partial charge in [-0.3, -0.25) is 9.38 Å². The predicted octanol–water partition coefficient (Wildman–Crippen LogP) is 4.70. The summed E-state index contributed by atoms with van der Waals surface area (Å²) in [5, 5.41) is 4.37. The first kappa shape index (κ1) is 16.4. The van der Waals surface area contributed by atoms with Crippen LogP contribution in [0.25, 0.3) is 27.8 Å². The van der Waals surface area contributed by atoms with E-state index in [4.69, 9.17) is 0 Å². The molecule has 28 heavy (non-hydrogen) atoms. The fraction of sp³-hybridized carbons (Fsp3) is 0.0455. The van der Waals surface area contributed by atoms with Gasteiger partial charge in [-0.25, -0.2) is 14.4 Å². The molecule has 0 aliphatic rings. The van der Waals surface area contributed by atoms with E-state index in [2.05, 4.69) is 20.3 Å². The van der Waals surface area contributed by atoms with Crippen LogP contribution in [0, 0.1) is 5.82 Å². The molecule has 0 aliphatic carbocycles. The van der Waals surface area contributed by atoms with Gasteiger partial charge in [0, 0.05) is 36.1 Å². The zero-order valence-electron chi connectivity index (χ0n) is 14.9. The van der Waals surface area contributed by atoms with Crippen LogP contribution < -0.4 is 5.32 Å². The van der Waals surface area contributed by atoms with E-state index in [0.29, 0.717) is 12.4 Å². The lowest BCUT2D eigenvalue weighted by molar-refractivity contribution is 0.627. The molecule has 0 spiro atoms. The number of para-hydroxylation sites is 1. The minimum Gasteiger partial charge on any atom is -0.363 e. The fourth-order valence-corrected chi connectivity index (χ4v) is 3.34. The average Bonchev–Trinajstić information content (AvgIpc) is 3.17. The summed E-state index contributed by atoms with van der Waals surface area (Å²) >= 11 is 0. The molecule has 0 saturated heterocycles. The number of pyridine rings is 1. The lowest BCUT2D eigenvalue weighted by atomic mass is 10.1. The van der Waals surface area contributed by atoms with Crippen molar-refractivity contribution < 1.29 is 4.39 Å². The van der Waals surface area contributed by atoms with Crippen LogP contribution >= 0.6 is 0 Å². The highest BCUT2D eigenvalue weighted by Gasteiger charge is 2.13. The number of hydrogen-bond acceptors (Lipinski definition) is 4. The fourth-order valence-electron chi connectivity index (χ4n) is 3.34. The van der Waals surface area contributed by atoms with Crippen molar-refractivity contribution in [1.82, 2.24) is 19.4 Å². The Morgan fingerprint density at radius 1 is 0.893 bits per heavy atom. The number of aromatic nitrogens is 4. The monoisotopic (exact) mass is 369 g/mol. The van der Waals surface area contributed by atoms with Gasteiger partial charge in [0.15, 0.2) is 11.5 Å². The first-order valence-electron chi connectivity index (χ1n) is 8.94. The zero-order valence-corrected chi connectivity index (χ0v) is 14.9. The molecular weight excluding hydrogens is 353 g/mol. The molecule has 5 aromatic rings. The Balaban J connectivity index is 1.54. The van der Waals surface area contributed by atoms with E-state index in [1.165, 1.54) is 12.1 Å². The number of hydrogen-bond donors (Lipinski definition) is 1. The van der Waals surface area contributed by atoms with Crippen LogP contribution in [0.4, 0.5) is 10.2 Å². The lowest BCUT2D eigenvalue weighted by Gasteiger charge is -2.09. The maximum absolute atomic E-state index is 13.1. The Bertz CT molecular complexity index is 1270. The molecule has 0 aliphatic heterocycles.